The smallest absolute Gasteiger partial charge is 0.303 e. The van der Waals surface area contributed by atoms with Crippen molar-refractivity contribution in [2.24, 2.45) is 5.92 Å². The third-order valence-corrected chi connectivity index (χ3v) is 1.88. The summed E-state index contributed by atoms with van der Waals surface area (Å²) >= 11 is 0. The molecule has 1 fully saturated rings. The van der Waals surface area contributed by atoms with E-state index in [2.05, 4.69) is 0 Å². The lowest BCUT2D eigenvalue weighted by Gasteiger charge is -2.06. The van der Waals surface area contributed by atoms with Crippen molar-refractivity contribution in [2.45, 2.75) is 12.8 Å². The first-order chi connectivity index (χ1) is 5.09. The van der Waals surface area contributed by atoms with E-state index in [1.807, 2.05) is 0 Å². The van der Waals surface area contributed by atoms with E-state index in [0.29, 0.717) is 13.0 Å². The summed E-state index contributed by atoms with van der Waals surface area (Å²) in [7, 11) is 1.70. The lowest BCUT2D eigenvalue weighted by Crippen LogP contribution is -2.19. The Labute approximate surface area is 64.8 Å². The molecule has 0 aromatic carbocycles. The first kappa shape index (κ1) is 8.04. The molecule has 1 unspecified atom stereocenters. The van der Waals surface area contributed by atoms with Gasteiger partial charge in [0.25, 0.3) is 0 Å². The fourth-order valence-electron chi connectivity index (χ4n) is 1.34. The molecule has 0 aromatic rings. The molecule has 1 heterocycles. The zero-order valence-electron chi connectivity index (χ0n) is 6.41. The molecule has 0 radical (unpaired) electrons. The Morgan fingerprint density at radius 3 is 2.82 bits per heavy atom. The van der Waals surface area contributed by atoms with Gasteiger partial charge in [-0.25, -0.2) is 0 Å². The molecule has 4 nitrogen and oxygen atoms in total. The third kappa shape index (κ3) is 1.93. The molecule has 0 aromatic heterocycles. The van der Waals surface area contributed by atoms with Crippen LogP contribution in [-0.2, 0) is 9.59 Å². The summed E-state index contributed by atoms with van der Waals surface area (Å²) in [6, 6.07) is 0. The Morgan fingerprint density at radius 2 is 2.45 bits per heavy atom. The summed E-state index contributed by atoms with van der Waals surface area (Å²) in [5, 5.41) is 8.42. The van der Waals surface area contributed by atoms with Crippen molar-refractivity contribution in [3.8, 4) is 0 Å². The highest BCUT2D eigenvalue weighted by molar-refractivity contribution is 5.79. The number of rotatable bonds is 2. The number of carboxylic acids is 1. The zero-order valence-corrected chi connectivity index (χ0v) is 6.41. The monoisotopic (exact) mass is 157 g/mol. The van der Waals surface area contributed by atoms with Crippen LogP contribution >= 0.6 is 0 Å². The van der Waals surface area contributed by atoms with Crippen molar-refractivity contribution in [2.75, 3.05) is 13.6 Å². The van der Waals surface area contributed by atoms with E-state index in [9.17, 15) is 9.59 Å². The first-order valence-corrected chi connectivity index (χ1v) is 3.55. The van der Waals surface area contributed by atoms with Crippen LogP contribution in [0, 0.1) is 5.92 Å². The Morgan fingerprint density at radius 1 is 1.82 bits per heavy atom. The molecule has 1 N–H and O–H groups in total. The molecule has 4 heteroatoms. The van der Waals surface area contributed by atoms with Crippen LogP contribution in [0.1, 0.15) is 12.8 Å². The minimum Gasteiger partial charge on any atom is -0.481 e. The van der Waals surface area contributed by atoms with Crippen LogP contribution in [0.3, 0.4) is 0 Å². The zero-order chi connectivity index (χ0) is 8.43. The van der Waals surface area contributed by atoms with Gasteiger partial charge in [0.2, 0.25) is 5.91 Å². The highest BCUT2D eigenvalue weighted by Gasteiger charge is 2.27. The largest absolute Gasteiger partial charge is 0.481 e. The lowest BCUT2D eigenvalue weighted by molar-refractivity contribution is -0.137. The number of aliphatic carboxylic acids is 1. The van der Waals surface area contributed by atoms with E-state index in [-0.39, 0.29) is 18.2 Å². The van der Waals surface area contributed by atoms with E-state index < -0.39 is 5.97 Å². The van der Waals surface area contributed by atoms with Crippen molar-refractivity contribution < 1.29 is 14.7 Å². The van der Waals surface area contributed by atoms with Crippen LogP contribution in [0.25, 0.3) is 0 Å². The van der Waals surface area contributed by atoms with Gasteiger partial charge in [-0.3, -0.25) is 9.59 Å². The molecule has 62 valence electrons. The highest BCUT2D eigenvalue weighted by atomic mass is 16.4. The molecule has 1 rings (SSSR count). The molecule has 1 aliphatic heterocycles. The molecular formula is C7H11NO3. The van der Waals surface area contributed by atoms with Gasteiger partial charge in [-0.05, 0) is 5.92 Å². The molecule has 11 heavy (non-hydrogen) atoms. The Bertz CT molecular complexity index is 188. The summed E-state index contributed by atoms with van der Waals surface area (Å²) in [6.45, 7) is 0.588. The average Bonchev–Trinajstić information content (AvgIpc) is 2.10. The molecule has 1 atom stereocenters. The molecule has 0 saturated carbocycles. The molecule has 0 spiro atoms. The standard InChI is InChI=1S/C7H11NO3/c1-8-4-5(2-6(8)9)3-7(10)11/h5H,2-4H2,1H3,(H,10,11). The lowest BCUT2D eigenvalue weighted by atomic mass is 10.1. The predicted molar refractivity (Wildman–Crippen MR) is 38.0 cm³/mol. The van der Waals surface area contributed by atoms with E-state index in [1.54, 1.807) is 11.9 Å². The number of amides is 1. The van der Waals surface area contributed by atoms with E-state index in [1.165, 1.54) is 0 Å². The Kier molecular flexibility index (Phi) is 2.12. The normalized spacial score (nSPS) is 24.3. The molecular weight excluding hydrogens is 146 g/mol. The summed E-state index contributed by atoms with van der Waals surface area (Å²) in [5.74, 6) is -0.751. The van der Waals surface area contributed by atoms with Crippen molar-refractivity contribution >= 4 is 11.9 Å². The fraction of sp³-hybridized carbons (Fsp3) is 0.714. The number of carbonyl (C=O) groups is 2. The van der Waals surface area contributed by atoms with Gasteiger partial charge in [0.15, 0.2) is 0 Å². The molecule has 1 aliphatic rings. The van der Waals surface area contributed by atoms with Gasteiger partial charge in [0.05, 0.1) is 6.42 Å². The minimum atomic E-state index is -0.821. The van der Waals surface area contributed by atoms with E-state index >= 15 is 0 Å². The molecule has 1 saturated heterocycles. The van der Waals surface area contributed by atoms with Crippen molar-refractivity contribution in [1.29, 1.82) is 0 Å². The fourth-order valence-corrected chi connectivity index (χ4v) is 1.34. The Hall–Kier alpha value is -1.06. The SMILES string of the molecule is CN1CC(CC(=O)O)CC1=O. The second-order valence-corrected chi connectivity index (χ2v) is 2.94. The number of hydrogen-bond donors (Lipinski definition) is 1. The number of carboxylic acid groups (broad SMARTS) is 1. The van der Waals surface area contributed by atoms with Crippen LogP contribution in [0.4, 0.5) is 0 Å². The summed E-state index contributed by atoms with van der Waals surface area (Å²) < 4.78 is 0. The number of carbonyl (C=O) groups excluding carboxylic acids is 1. The third-order valence-electron chi connectivity index (χ3n) is 1.88. The maximum atomic E-state index is 10.9. The number of nitrogens with zero attached hydrogens (tertiary/aromatic N) is 1. The van der Waals surface area contributed by atoms with Crippen LogP contribution in [-0.4, -0.2) is 35.5 Å². The quantitative estimate of drug-likeness (QED) is 0.610. The maximum Gasteiger partial charge on any atom is 0.303 e. The number of hydrogen-bond acceptors (Lipinski definition) is 2. The first-order valence-electron chi connectivity index (χ1n) is 3.55. The average molecular weight is 157 g/mol. The van der Waals surface area contributed by atoms with Crippen LogP contribution in [0.15, 0.2) is 0 Å². The minimum absolute atomic E-state index is 0.0185. The van der Waals surface area contributed by atoms with Crippen molar-refractivity contribution in [3.63, 3.8) is 0 Å². The van der Waals surface area contributed by atoms with Gasteiger partial charge in [0, 0.05) is 20.0 Å². The molecule has 1 amide bonds. The Balaban J connectivity index is 2.41. The van der Waals surface area contributed by atoms with Gasteiger partial charge < -0.3 is 10.0 Å². The van der Waals surface area contributed by atoms with E-state index in [4.69, 9.17) is 5.11 Å². The summed E-state index contributed by atoms with van der Waals surface area (Å²) in [4.78, 5) is 22.7. The van der Waals surface area contributed by atoms with Crippen molar-refractivity contribution in [3.05, 3.63) is 0 Å². The van der Waals surface area contributed by atoms with Gasteiger partial charge in [-0.15, -0.1) is 0 Å². The summed E-state index contributed by atoms with van der Waals surface area (Å²) in [6.07, 6.45) is 0.499. The van der Waals surface area contributed by atoms with Crippen molar-refractivity contribution in [1.82, 2.24) is 4.90 Å². The van der Waals surface area contributed by atoms with Crippen LogP contribution < -0.4 is 0 Å². The second-order valence-electron chi connectivity index (χ2n) is 2.94. The predicted octanol–water partition coefficient (Wildman–Crippen LogP) is -0.0606. The molecule has 0 aliphatic carbocycles. The van der Waals surface area contributed by atoms with Gasteiger partial charge >= 0.3 is 5.97 Å². The topological polar surface area (TPSA) is 57.6 Å². The maximum absolute atomic E-state index is 10.9. The van der Waals surface area contributed by atoms with Gasteiger partial charge in [0.1, 0.15) is 0 Å². The second kappa shape index (κ2) is 2.90. The van der Waals surface area contributed by atoms with Crippen LogP contribution in [0.2, 0.25) is 0 Å². The van der Waals surface area contributed by atoms with E-state index in [0.717, 1.165) is 0 Å². The summed E-state index contributed by atoms with van der Waals surface area (Å²) in [5.41, 5.74) is 0. The highest BCUT2D eigenvalue weighted by Crippen LogP contribution is 2.18. The van der Waals surface area contributed by atoms with Gasteiger partial charge in [-0.1, -0.05) is 0 Å². The molecule has 0 bridgehead atoms. The number of likely N-dealkylation sites (tertiary alicyclic amines) is 1. The van der Waals surface area contributed by atoms with Gasteiger partial charge in [-0.2, -0.15) is 0 Å². The van der Waals surface area contributed by atoms with Crippen LogP contribution in [0.5, 0.6) is 0 Å².